The Bertz CT molecular complexity index is 500. The molecule has 0 saturated carbocycles. The summed E-state index contributed by atoms with van der Waals surface area (Å²) in [5.41, 5.74) is 0. The van der Waals surface area contributed by atoms with Gasteiger partial charge in [-0.15, -0.1) is 0 Å². The van der Waals surface area contributed by atoms with E-state index in [0.717, 1.165) is 12.8 Å². The molecule has 1 aliphatic rings. The van der Waals surface area contributed by atoms with E-state index in [1.54, 1.807) is 9.80 Å². The second kappa shape index (κ2) is 7.82. The van der Waals surface area contributed by atoms with Crippen LogP contribution in [0.3, 0.4) is 0 Å². The molecule has 1 heterocycles. The lowest BCUT2D eigenvalue weighted by Gasteiger charge is -2.29. The third-order valence-corrected chi connectivity index (χ3v) is 4.04. The van der Waals surface area contributed by atoms with Crippen molar-refractivity contribution in [2.45, 2.75) is 32.7 Å². The summed E-state index contributed by atoms with van der Waals surface area (Å²) < 4.78 is 5.51. The number of carbonyl (C=O) groups is 2. The van der Waals surface area contributed by atoms with Gasteiger partial charge in [0.15, 0.2) is 6.61 Å². The maximum Gasteiger partial charge on any atom is 0.261 e. The highest BCUT2D eigenvalue weighted by atomic mass is 16.5. The largest absolute Gasteiger partial charge is 0.484 e. The van der Waals surface area contributed by atoms with E-state index in [9.17, 15) is 9.59 Å². The summed E-state index contributed by atoms with van der Waals surface area (Å²) in [6.07, 6.45) is 1.61. The molecule has 1 aliphatic heterocycles. The molecule has 1 atom stereocenters. The predicted octanol–water partition coefficient (Wildman–Crippen LogP) is 1.92. The lowest BCUT2D eigenvalue weighted by molar-refractivity contribution is -0.144. The monoisotopic (exact) mass is 304 g/mol. The van der Waals surface area contributed by atoms with Crippen LogP contribution in [0.5, 0.6) is 5.75 Å². The normalized spacial score (nSPS) is 17.4. The number of rotatable bonds is 6. The van der Waals surface area contributed by atoms with Crippen LogP contribution in [0.25, 0.3) is 0 Å². The zero-order valence-electron chi connectivity index (χ0n) is 13.3. The van der Waals surface area contributed by atoms with Crippen molar-refractivity contribution < 1.29 is 14.3 Å². The summed E-state index contributed by atoms with van der Waals surface area (Å²) in [4.78, 5) is 28.3. The molecule has 120 valence electrons. The molecule has 1 fully saturated rings. The van der Waals surface area contributed by atoms with Crippen LogP contribution in [0, 0.1) is 0 Å². The molecule has 5 heteroatoms. The molecular weight excluding hydrogens is 280 g/mol. The molecule has 5 nitrogen and oxygen atoms in total. The minimum absolute atomic E-state index is 0.0218. The average Bonchev–Trinajstić information content (AvgIpc) is 3.04. The van der Waals surface area contributed by atoms with Crippen molar-refractivity contribution in [1.82, 2.24) is 9.80 Å². The van der Waals surface area contributed by atoms with Gasteiger partial charge in [0.25, 0.3) is 5.91 Å². The number of carbonyl (C=O) groups excluding carboxylic acids is 2. The summed E-state index contributed by atoms with van der Waals surface area (Å²) in [6, 6.07) is 8.93. The van der Waals surface area contributed by atoms with Gasteiger partial charge in [-0.05, 0) is 38.8 Å². The molecule has 1 aromatic rings. The minimum atomic E-state index is -0.327. The van der Waals surface area contributed by atoms with Gasteiger partial charge in [0.2, 0.25) is 5.91 Å². The third-order valence-electron chi connectivity index (χ3n) is 4.04. The van der Waals surface area contributed by atoms with E-state index in [0.29, 0.717) is 25.4 Å². The van der Waals surface area contributed by atoms with Crippen LogP contribution in [-0.4, -0.2) is 53.9 Å². The number of likely N-dealkylation sites (tertiary alicyclic amines) is 1. The number of likely N-dealkylation sites (N-methyl/N-ethyl adjacent to an activating group) is 1. The molecule has 1 aromatic carbocycles. The molecule has 0 radical (unpaired) electrons. The Morgan fingerprint density at radius 1 is 1.23 bits per heavy atom. The van der Waals surface area contributed by atoms with Gasteiger partial charge in [0.1, 0.15) is 11.8 Å². The number of amides is 2. The van der Waals surface area contributed by atoms with E-state index in [1.807, 2.05) is 44.2 Å². The Kier molecular flexibility index (Phi) is 5.81. The van der Waals surface area contributed by atoms with Crippen LogP contribution >= 0.6 is 0 Å². The molecular formula is C17H24N2O3. The Labute approximate surface area is 131 Å². The van der Waals surface area contributed by atoms with Crippen molar-refractivity contribution in [2.24, 2.45) is 0 Å². The molecule has 0 aromatic heterocycles. The quantitative estimate of drug-likeness (QED) is 0.807. The fourth-order valence-electron chi connectivity index (χ4n) is 2.81. The summed E-state index contributed by atoms with van der Waals surface area (Å²) >= 11 is 0. The van der Waals surface area contributed by atoms with Crippen LogP contribution in [0.2, 0.25) is 0 Å². The lowest BCUT2D eigenvalue weighted by atomic mass is 10.2. The standard InChI is InChI=1S/C17H24N2O3/c1-3-18(4-2)17(21)15-11-8-12-19(15)16(20)13-22-14-9-6-5-7-10-14/h5-7,9-10,15H,3-4,8,11-13H2,1-2H3/t15-/m0/s1. The smallest absolute Gasteiger partial charge is 0.261 e. The molecule has 0 bridgehead atoms. The summed E-state index contributed by atoms with van der Waals surface area (Å²) in [7, 11) is 0. The zero-order valence-corrected chi connectivity index (χ0v) is 13.3. The predicted molar refractivity (Wildman–Crippen MR) is 84.6 cm³/mol. The number of nitrogens with zero attached hydrogens (tertiary/aromatic N) is 2. The number of para-hydroxylation sites is 1. The maximum atomic E-state index is 12.5. The topological polar surface area (TPSA) is 49.9 Å². The summed E-state index contributed by atoms with van der Waals surface area (Å²) in [5.74, 6) is 0.601. The number of hydrogen-bond donors (Lipinski definition) is 0. The molecule has 2 rings (SSSR count). The summed E-state index contributed by atoms with van der Waals surface area (Å²) in [5, 5.41) is 0. The Hall–Kier alpha value is -2.04. The van der Waals surface area contributed by atoms with Gasteiger partial charge in [-0.25, -0.2) is 0 Å². The molecule has 0 N–H and O–H groups in total. The van der Waals surface area contributed by atoms with Crippen LogP contribution in [-0.2, 0) is 9.59 Å². The van der Waals surface area contributed by atoms with Gasteiger partial charge in [0, 0.05) is 19.6 Å². The molecule has 0 aliphatic carbocycles. The SMILES string of the molecule is CCN(CC)C(=O)[C@@H]1CCCN1C(=O)COc1ccccc1. The Balaban J connectivity index is 1.94. The van der Waals surface area contributed by atoms with Gasteiger partial charge in [-0.1, -0.05) is 18.2 Å². The molecule has 1 saturated heterocycles. The first-order chi connectivity index (χ1) is 10.7. The molecule has 2 amide bonds. The Morgan fingerprint density at radius 3 is 2.55 bits per heavy atom. The average molecular weight is 304 g/mol. The second-order valence-electron chi connectivity index (χ2n) is 5.36. The highest BCUT2D eigenvalue weighted by Crippen LogP contribution is 2.20. The van der Waals surface area contributed by atoms with Crippen molar-refractivity contribution in [3.8, 4) is 5.75 Å². The van der Waals surface area contributed by atoms with Gasteiger partial charge in [-0.2, -0.15) is 0 Å². The highest BCUT2D eigenvalue weighted by molar-refractivity contribution is 5.88. The fraction of sp³-hybridized carbons (Fsp3) is 0.529. The third kappa shape index (κ3) is 3.78. The van der Waals surface area contributed by atoms with Crippen molar-refractivity contribution in [1.29, 1.82) is 0 Å². The second-order valence-corrected chi connectivity index (χ2v) is 5.36. The van der Waals surface area contributed by atoms with Gasteiger partial charge in [0.05, 0.1) is 0 Å². The number of benzene rings is 1. The van der Waals surface area contributed by atoms with Crippen molar-refractivity contribution in [3.05, 3.63) is 30.3 Å². The van der Waals surface area contributed by atoms with E-state index in [1.165, 1.54) is 0 Å². The van der Waals surface area contributed by atoms with Crippen LogP contribution < -0.4 is 4.74 Å². The van der Waals surface area contributed by atoms with Crippen LogP contribution in [0.15, 0.2) is 30.3 Å². The molecule has 22 heavy (non-hydrogen) atoms. The first-order valence-electron chi connectivity index (χ1n) is 7.93. The highest BCUT2D eigenvalue weighted by Gasteiger charge is 2.35. The van der Waals surface area contributed by atoms with Crippen LogP contribution in [0.1, 0.15) is 26.7 Å². The van der Waals surface area contributed by atoms with E-state index in [4.69, 9.17) is 4.74 Å². The van der Waals surface area contributed by atoms with E-state index >= 15 is 0 Å². The van der Waals surface area contributed by atoms with Gasteiger partial charge >= 0.3 is 0 Å². The summed E-state index contributed by atoms with van der Waals surface area (Å²) in [6.45, 7) is 5.88. The first-order valence-corrected chi connectivity index (χ1v) is 7.93. The van der Waals surface area contributed by atoms with Crippen molar-refractivity contribution in [3.63, 3.8) is 0 Å². The Morgan fingerprint density at radius 2 is 1.91 bits per heavy atom. The molecule has 0 unspecified atom stereocenters. The maximum absolute atomic E-state index is 12.5. The van der Waals surface area contributed by atoms with E-state index in [2.05, 4.69) is 0 Å². The molecule has 0 spiro atoms. The number of ether oxygens (including phenoxy) is 1. The fourth-order valence-corrected chi connectivity index (χ4v) is 2.81. The first kappa shape index (κ1) is 16.3. The number of hydrogen-bond acceptors (Lipinski definition) is 3. The van der Waals surface area contributed by atoms with Gasteiger partial charge in [-0.3, -0.25) is 9.59 Å². The van der Waals surface area contributed by atoms with E-state index < -0.39 is 0 Å². The van der Waals surface area contributed by atoms with Crippen LogP contribution in [0.4, 0.5) is 0 Å². The van der Waals surface area contributed by atoms with Gasteiger partial charge < -0.3 is 14.5 Å². The zero-order chi connectivity index (χ0) is 15.9. The van der Waals surface area contributed by atoms with Crippen molar-refractivity contribution >= 4 is 11.8 Å². The van der Waals surface area contributed by atoms with E-state index in [-0.39, 0.29) is 24.5 Å². The minimum Gasteiger partial charge on any atom is -0.484 e. The van der Waals surface area contributed by atoms with Crippen molar-refractivity contribution in [2.75, 3.05) is 26.2 Å². The lowest BCUT2D eigenvalue weighted by Crippen LogP contribution is -2.48.